The van der Waals surface area contributed by atoms with E-state index >= 15 is 0 Å². The second kappa shape index (κ2) is 5.28. The first kappa shape index (κ1) is 13.2. The molecule has 21 heavy (non-hydrogen) atoms. The molecule has 0 unspecified atom stereocenters. The maximum atomic E-state index is 12.3. The molecule has 5 nitrogen and oxygen atoms in total. The van der Waals surface area contributed by atoms with Crippen LogP contribution in [0.25, 0.3) is 10.9 Å². The maximum absolute atomic E-state index is 12.3. The summed E-state index contributed by atoms with van der Waals surface area (Å²) in [4.78, 5) is 19.4. The highest BCUT2D eigenvalue weighted by molar-refractivity contribution is 6.07. The summed E-state index contributed by atoms with van der Waals surface area (Å²) in [6.45, 7) is 2.45. The molecule has 0 saturated heterocycles. The predicted octanol–water partition coefficient (Wildman–Crippen LogP) is 2.38. The number of carbonyl (C=O) groups is 1. The van der Waals surface area contributed by atoms with Gasteiger partial charge in [-0.25, -0.2) is 0 Å². The number of nitrogen functional groups attached to an aromatic ring is 1. The molecule has 2 aromatic heterocycles. The number of hydrogen-bond donors (Lipinski definition) is 3. The number of nitrogens with two attached hydrogens (primary N) is 1. The zero-order valence-corrected chi connectivity index (χ0v) is 11.7. The molecule has 1 amide bonds. The van der Waals surface area contributed by atoms with Gasteiger partial charge in [0.05, 0.1) is 5.56 Å². The first-order valence-electron chi connectivity index (χ1n) is 6.69. The van der Waals surface area contributed by atoms with Gasteiger partial charge in [-0.05, 0) is 42.3 Å². The Kier molecular flexibility index (Phi) is 3.31. The van der Waals surface area contributed by atoms with E-state index < -0.39 is 0 Å². The normalized spacial score (nSPS) is 10.7. The van der Waals surface area contributed by atoms with Crippen molar-refractivity contribution in [1.82, 2.24) is 15.3 Å². The van der Waals surface area contributed by atoms with Gasteiger partial charge in [-0.15, -0.1) is 0 Å². The standard InChI is InChI=1S/C16H16N4O/c1-10-7-18-5-4-11(10)8-20-16(21)14-9-19-15-3-2-12(17)6-13(14)15/h2-7,9,19H,8,17H2,1H3,(H,20,21). The topological polar surface area (TPSA) is 83.8 Å². The highest BCUT2D eigenvalue weighted by Gasteiger charge is 2.12. The van der Waals surface area contributed by atoms with Gasteiger partial charge in [0.15, 0.2) is 0 Å². The van der Waals surface area contributed by atoms with Gasteiger partial charge in [0, 0.05) is 41.7 Å². The van der Waals surface area contributed by atoms with E-state index in [4.69, 9.17) is 5.73 Å². The van der Waals surface area contributed by atoms with Crippen LogP contribution in [0.5, 0.6) is 0 Å². The van der Waals surface area contributed by atoms with E-state index in [0.29, 0.717) is 17.8 Å². The Bertz CT molecular complexity index is 807. The lowest BCUT2D eigenvalue weighted by molar-refractivity contribution is 0.0952. The van der Waals surface area contributed by atoms with Crippen LogP contribution in [0.1, 0.15) is 21.5 Å². The molecule has 0 aliphatic heterocycles. The number of nitrogens with zero attached hydrogens (tertiary/aromatic N) is 1. The number of hydrogen-bond acceptors (Lipinski definition) is 3. The number of amides is 1. The van der Waals surface area contributed by atoms with Crippen LogP contribution < -0.4 is 11.1 Å². The molecule has 0 aliphatic carbocycles. The molecule has 4 N–H and O–H groups in total. The van der Waals surface area contributed by atoms with Crippen molar-refractivity contribution in [3.63, 3.8) is 0 Å². The molecule has 0 aliphatic rings. The molecule has 0 fully saturated rings. The number of aromatic amines is 1. The van der Waals surface area contributed by atoms with Crippen LogP contribution in [0.2, 0.25) is 0 Å². The van der Waals surface area contributed by atoms with Crippen molar-refractivity contribution in [3.8, 4) is 0 Å². The van der Waals surface area contributed by atoms with Crippen molar-refractivity contribution >= 4 is 22.5 Å². The summed E-state index contributed by atoms with van der Waals surface area (Å²) in [6, 6.07) is 7.39. The van der Waals surface area contributed by atoms with Gasteiger partial charge in [0.2, 0.25) is 0 Å². The number of benzene rings is 1. The summed E-state index contributed by atoms with van der Waals surface area (Å²) in [5.74, 6) is -0.122. The summed E-state index contributed by atoms with van der Waals surface area (Å²) in [6.07, 6.45) is 5.22. The zero-order valence-electron chi connectivity index (χ0n) is 11.7. The Balaban J connectivity index is 1.81. The molecule has 1 aromatic carbocycles. The van der Waals surface area contributed by atoms with Gasteiger partial charge in [-0.1, -0.05) is 0 Å². The minimum atomic E-state index is -0.122. The summed E-state index contributed by atoms with van der Waals surface area (Å²) < 4.78 is 0. The fraction of sp³-hybridized carbons (Fsp3) is 0.125. The van der Waals surface area contributed by atoms with Crippen LogP contribution in [0, 0.1) is 6.92 Å². The Morgan fingerprint density at radius 1 is 1.38 bits per heavy atom. The highest BCUT2D eigenvalue weighted by atomic mass is 16.1. The molecule has 106 valence electrons. The minimum absolute atomic E-state index is 0.122. The lowest BCUT2D eigenvalue weighted by Crippen LogP contribution is -2.23. The molecule has 0 spiro atoms. The Labute approximate surface area is 122 Å². The number of fused-ring (bicyclic) bond motifs is 1. The monoisotopic (exact) mass is 280 g/mol. The van der Waals surface area contributed by atoms with E-state index in [1.807, 2.05) is 19.1 Å². The molecule has 0 saturated carbocycles. The number of anilines is 1. The second-order valence-corrected chi connectivity index (χ2v) is 4.99. The predicted molar refractivity (Wildman–Crippen MR) is 82.9 cm³/mol. The third-order valence-corrected chi connectivity index (χ3v) is 3.53. The molecule has 3 aromatic rings. The molecule has 2 heterocycles. The van der Waals surface area contributed by atoms with Gasteiger partial charge in [-0.2, -0.15) is 0 Å². The van der Waals surface area contributed by atoms with Crippen LogP contribution in [0.4, 0.5) is 5.69 Å². The van der Waals surface area contributed by atoms with E-state index in [1.165, 1.54) is 0 Å². The van der Waals surface area contributed by atoms with Crippen molar-refractivity contribution < 1.29 is 4.79 Å². The summed E-state index contributed by atoms with van der Waals surface area (Å²) >= 11 is 0. The largest absolute Gasteiger partial charge is 0.399 e. The van der Waals surface area contributed by atoms with Crippen molar-refractivity contribution in [3.05, 3.63) is 59.5 Å². The number of nitrogens with one attached hydrogen (secondary N) is 2. The number of carbonyl (C=O) groups excluding carboxylic acids is 1. The fourth-order valence-corrected chi connectivity index (χ4v) is 2.30. The Morgan fingerprint density at radius 3 is 3.05 bits per heavy atom. The quantitative estimate of drug-likeness (QED) is 0.644. The molecular formula is C16H16N4O. The van der Waals surface area contributed by atoms with Crippen LogP contribution in [-0.4, -0.2) is 15.9 Å². The van der Waals surface area contributed by atoms with Crippen LogP contribution >= 0.6 is 0 Å². The Morgan fingerprint density at radius 2 is 2.24 bits per heavy atom. The third-order valence-electron chi connectivity index (χ3n) is 3.53. The molecule has 3 rings (SSSR count). The van der Waals surface area contributed by atoms with Crippen molar-refractivity contribution in [2.24, 2.45) is 0 Å². The summed E-state index contributed by atoms with van der Waals surface area (Å²) in [5.41, 5.74) is 10.0. The van der Waals surface area contributed by atoms with Crippen molar-refractivity contribution in [2.45, 2.75) is 13.5 Å². The Hall–Kier alpha value is -2.82. The number of aryl methyl sites for hydroxylation is 1. The van der Waals surface area contributed by atoms with Crippen molar-refractivity contribution in [1.29, 1.82) is 0 Å². The summed E-state index contributed by atoms with van der Waals surface area (Å²) in [7, 11) is 0. The number of aromatic nitrogens is 2. The van der Waals surface area contributed by atoms with E-state index in [2.05, 4.69) is 15.3 Å². The third kappa shape index (κ3) is 2.58. The first-order chi connectivity index (χ1) is 10.1. The number of H-pyrrole nitrogens is 1. The fourth-order valence-electron chi connectivity index (χ4n) is 2.30. The zero-order chi connectivity index (χ0) is 14.8. The van der Waals surface area contributed by atoms with Gasteiger partial charge in [0.1, 0.15) is 0 Å². The lowest BCUT2D eigenvalue weighted by Gasteiger charge is -2.07. The van der Waals surface area contributed by atoms with Gasteiger partial charge in [0.25, 0.3) is 5.91 Å². The lowest BCUT2D eigenvalue weighted by atomic mass is 10.1. The molecule has 0 atom stereocenters. The van der Waals surface area contributed by atoms with E-state index in [0.717, 1.165) is 22.0 Å². The van der Waals surface area contributed by atoms with Crippen LogP contribution in [-0.2, 0) is 6.54 Å². The smallest absolute Gasteiger partial charge is 0.253 e. The van der Waals surface area contributed by atoms with E-state index in [-0.39, 0.29) is 5.91 Å². The first-order valence-corrected chi connectivity index (χ1v) is 6.69. The van der Waals surface area contributed by atoms with Gasteiger partial charge >= 0.3 is 0 Å². The van der Waals surface area contributed by atoms with E-state index in [1.54, 1.807) is 30.7 Å². The molecule has 0 bridgehead atoms. The second-order valence-electron chi connectivity index (χ2n) is 4.99. The highest BCUT2D eigenvalue weighted by Crippen LogP contribution is 2.21. The average molecular weight is 280 g/mol. The van der Waals surface area contributed by atoms with Crippen molar-refractivity contribution in [2.75, 3.05) is 5.73 Å². The molecular weight excluding hydrogens is 264 g/mol. The van der Waals surface area contributed by atoms with Gasteiger partial charge < -0.3 is 16.0 Å². The SMILES string of the molecule is Cc1cnccc1CNC(=O)c1c[nH]c2ccc(N)cc12. The van der Waals surface area contributed by atoms with Crippen LogP contribution in [0.15, 0.2) is 42.9 Å². The van der Waals surface area contributed by atoms with E-state index in [9.17, 15) is 4.79 Å². The molecule has 0 radical (unpaired) electrons. The summed E-state index contributed by atoms with van der Waals surface area (Å²) in [5, 5.41) is 3.76. The van der Waals surface area contributed by atoms with Crippen LogP contribution in [0.3, 0.4) is 0 Å². The number of pyridine rings is 1. The van der Waals surface area contributed by atoms with Gasteiger partial charge in [-0.3, -0.25) is 9.78 Å². The molecule has 5 heteroatoms. The number of rotatable bonds is 3. The average Bonchev–Trinajstić information content (AvgIpc) is 2.89. The maximum Gasteiger partial charge on any atom is 0.253 e. The minimum Gasteiger partial charge on any atom is -0.399 e.